The summed E-state index contributed by atoms with van der Waals surface area (Å²) in [6.07, 6.45) is 2.90. The Kier molecular flexibility index (Phi) is 4.33. The van der Waals surface area contributed by atoms with E-state index in [1.165, 1.54) is 0 Å². The van der Waals surface area contributed by atoms with E-state index in [4.69, 9.17) is 0 Å². The van der Waals surface area contributed by atoms with E-state index >= 15 is 0 Å². The van der Waals surface area contributed by atoms with Gasteiger partial charge < -0.3 is 14.9 Å². The van der Waals surface area contributed by atoms with Crippen molar-refractivity contribution >= 4 is 5.91 Å². The molecule has 1 aromatic carbocycles. The van der Waals surface area contributed by atoms with E-state index in [1.807, 2.05) is 38.2 Å². The van der Waals surface area contributed by atoms with Crippen molar-refractivity contribution in [3.8, 4) is 5.75 Å². The zero-order valence-electron chi connectivity index (χ0n) is 12.6. The van der Waals surface area contributed by atoms with Crippen LogP contribution in [-0.2, 0) is 10.2 Å². The van der Waals surface area contributed by atoms with Crippen LogP contribution in [0.5, 0.6) is 5.75 Å². The van der Waals surface area contributed by atoms with Crippen LogP contribution in [0.15, 0.2) is 24.3 Å². The minimum Gasteiger partial charge on any atom is -0.508 e. The summed E-state index contributed by atoms with van der Waals surface area (Å²) < 4.78 is 0. The second kappa shape index (κ2) is 5.83. The van der Waals surface area contributed by atoms with Crippen molar-refractivity contribution < 1.29 is 9.90 Å². The highest BCUT2D eigenvalue weighted by Gasteiger charge is 2.43. The number of nitrogens with zero attached hydrogens (tertiary/aromatic N) is 2. The molecule has 1 aliphatic heterocycles. The molecule has 0 saturated carbocycles. The zero-order chi connectivity index (χ0) is 14.8. The molecule has 20 heavy (non-hydrogen) atoms. The number of phenolic OH excluding ortho intramolecular Hbond substituents is 1. The Hall–Kier alpha value is -1.55. The number of rotatable bonds is 3. The lowest BCUT2D eigenvalue weighted by molar-refractivity contribution is -0.136. The number of amides is 1. The summed E-state index contributed by atoms with van der Waals surface area (Å²) >= 11 is 0. The lowest BCUT2D eigenvalue weighted by atomic mass is 9.75. The minimum absolute atomic E-state index is 0.161. The van der Waals surface area contributed by atoms with E-state index in [0.717, 1.165) is 31.4 Å². The third-order valence-corrected chi connectivity index (χ3v) is 4.09. The number of carbonyl (C=O) groups excluding carboxylic acids is 1. The van der Waals surface area contributed by atoms with Crippen LogP contribution in [0.2, 0.25) is 0 Å². The molecule has 1 aliphatic rings. The number of likely N-dealkylation sites (tertiary alicyclic amines) is 1. The summed E-state index contributed by atoms with van der Waals surface area (Å²) in [6, 6.07) is 7.17. The third kappa shape index (κ3) is 2.80. The normalized spacial score (nSPS) is 24.0. The largest absolute Gasteiger partial charge is 0.508 e. The number of hydrogen-bond donors (Lipinski definition) is 1. The number of aromatic hydroxyl groups is 1. The molecular formula is C16H24N2O2. The van der Waals surface area contributed by atoms with Gasteiger partial charge in [0.05, 0.1) is 5.41 Å². The van der Waals surface area contributed by atoms with Crippen molar-refractivity contribution in [2.75, 3.05) is 34.2 Å². The fourth-order valence-corrected chi connectivity index (χ4v) is 3.20. The highest BCUT2D eigenvalue weighted by molar-refractivity contribution is 5.88. The summed E-state index contributed by atoms with van der Waals surface area (Å²) in [7, 11) is 5.85. The van der Waals surface area contributed by atoms with Crippen molar-refractivity contribution in [1.29, 1.82) is 0 Å². The number of hydrogen-bond acceptors (Lipinski definition) is 3. The topological polar surface area (TPSA) is 43.8 Å². The van der Waals surface area contributed by atoms with E-state index in [1.54, 1.807) is 12.1 Å². The molecule has 0 aliphatic carbocycles. The number of carbonyl (C=O) groups is 1. The Morgan fingerprint density at radius 2 is 2.10 bits per heavy atom. The predicted octanol–water partition coefficient (Wildman–Crippen LogP) is 1.83. The SMILES string of the molecule is CN(C)CC1(c2cccc(O)c2)CCCCN(C)C1=O. The molecule has 0 radical (unpaired) electrons. The highest BCUT2D eigenvalue weighted by atomic mass is 16.3. The van der Waals surface area contributed by atoms with Crippen molar-refractivity contribution in [3.05, 3.63) is 29.8 Å². The number of phenols is 1. The van der Waals surface area contributed by atoms with Crippen LogP contribution in [0.3, 0.4) is 0 Å². The Balaban J connectivity index is 2.51. The summed E-state index contributed by atoms with van der Waals surface area (Å²) in [5, 5.41) is 9.78. The number of benzene rings is 1. The lowest BCUT2D eigenvalue weighted by Gasteiger charge is -2.36. The molecule has 1 heterocycles. The van der Waals surface area contributed by atoms with Crippen LogP contribution in [0.4, 0.5) is 0 Å². The summed E-state index contributed by atoms with van der Waals surface area (Å²) in [6.45, 7) is 1.48. The molecule has 0 aromatic heterocycles. The average molecular weight is 276 g/mol. The first-order chi connectivity index (χ1) is 9.45. The van der Waals surface area contributed by atoms with Crippen LogP contribution in [-0.4, -0.2) is 55.0 Å². The van der Waals surface area contributed by atoms with Gasteiger partial charge in [-0.3, -0.25) is 4.79 Å². The lowest BCUT2D eigenvalue weighted by Crippen LogP contribution is -2.49. The molecule has 1 saturated heterocycles. The first kappa shape index (κ1) is 14.9. The predicted molar refractivity (Wildman–Crippen MR) is 79.8 cm³/mol. The zero-order valence-corrected chi connectivity index (χ0v) is 12.6. The average Bonchev–Trinajstić information content (AvgIpc) is 2.52. The van der Waals surface area contributed by atoms with E-state index in [0.29, 0.717) is 6.54 Å². The first-order valence-corrected chi connectivity index (χ1v) is 7.15. The quantitative estimate of drug-likeness (QED) is 0.916. The van der Waals surface area contributed by atoms with Gasteiger partial charge in [-0.15, -0.1) is 0 Å². The van der Waals surface area contributed by atoms with Gasteiger partial charge in [-0.25, -0.2) is 0 Å². The van der Waals surface area contributed by atoms with Crippen LogP contribution < -0.4 is 0 Å². The Morgan fingerprint density at radius 3 is 2.75 bits per heavy atom. The molecule has 1 aromatic rings. The summed E-state index contributed by atoms with van der Waals surface area (Å²) in [4.78, 5) is 16.8. The van der Waals surface area contributed by atoms with Gasteiger partial charge in [0.2, 0.25) is 5.91 Å². The highest BCUT2D eigenvalue weighted by Crippen LogP contribution is 2.36. The fourth-order valence-electron chi connectivity index (χ4n) is 3.20. The molecule has 0 bridgehead atoms. The number of likely N-dealkylation sites (N-methyl/N-ethyl adjacent to an activating group) is 2. The molecule has 2 rings (SSSR count). The maximum absolute atomic E-state index is 12.9. The van der Waals surface area contributed by atoms with E-state index in [9.17, 15) is 9.90 Å². The maximum Gasteiger partial charge on any atom is 0.234 e. The van der Waals surface area contributed by atoms with Gasteiger partial charge in [0.15, 0.2) is 0 Å². The minimum atomic E-state index is -0.548. The van der Waals surface area contributed by atoms with Crippen LogP contribution in [0, 0.1) is 0 Å². The smallest absolute Gasteiger partial charge is 0.234 e. The molecule has 4 nitrogen and oxygen atoms in total. The Labute approximate surface area is 121 Å². The molecule has 1 fully saturated rings. The fraction of sp³-hybridized carbons (Fsp3) is 0.562. The van der Waals surface area contributed by atoms with Crippen LogP contribution in [0.1, 0.15) is 24.8 Å². The van der Waals surface area contributed by atoms with Crippen LogP contribution in [0.25, 0.3) is 0 Å². The van der Waals surface area contributed by atoms with Gasteiger partial charge in [0.25, 0.3) is 0 Å². The van der Waals surface area contributed by atoms with E-state index < -0.39 is 5.41 Å². The van der Waals surface area contributed by atoms with E-state index in [2.05, 4.69) is 4.90 Å². The van der Waals surface area contributed by atoms with Crippen molar-refractivity contribution in [1.82, 2.24) is 9.80 Å². The van der Waals surface area contributed by atoms with Gasteiger partial charge in [0, 0.05) is 20.1 Å². The standard InChI is InChI=1S/C16H24N2O2/c1-17(2)12-16(13-7-6-8-14(19)11-13)9-4-5-10-18(3)15(16)20/h6-8,11,19H,4-5,9-10,12H2,1-3H3. The summed E-state index contributed by atoms with van der Waals surface area (Å²) in [5.41, 5.74) is 0.373. The van der Waals surface area contributed by atoms with E-state index in [-0.39, 0.29) is 11.7 Å². The second-order valence-electron chi connectivity index (χ2n) is 6.05. The van der Waals surface area contributed by atoms with Gasteiger partial charge in [-0.05, 0) is 44.6 Å². The third-order valence-electron chi connectivity index (χ3n) is 4.09. The Morgan fingerprint density at radius 1 is 1.35 bits per heavy atom. The molecule has 1 unspecified atom stereocenters. The molecular weight excluding hydrogens is 252 g/mol. The molecule has 1 N–H and O–H groups in total. The Bertz CT molecular complexity index is 487. The first-order valence-electron chi connectivity index (χ1n) is 7.15. The molecule has 110 valence electrons. The van der Waals surface area contributed by atoms with Crippen LogP contribution >= 0.6 is 0 Å². The van der Waals surface area contributed by atoms with Crippen molar-refractivity contribution in [2.45, 2.75) is 24.7 Å². The van der Waals surface area contributed by atoms with Gasteiger partial charge >= 0.3 is 0 Å². The molecule has 1 atom stereocenters. The molecule has 4 heteroatoms. The van der Waals surface area contributed by atoms with Gasteiger partial charge in [-0.1, -0.05) is 18.6 Å². The molecule has 0 spiro atoms. The summed E-state index contributed by atoms with van der Waals surface area (Å²) in [5.74, 6) is 0.384. The van der Waals surface area contributed by atoms with Crippen molar-refractivity contribution in [2.24, 2.45) is 0 Å². The maximum atomic E-state index is 12.9. The molecule has 1 amide bonds. The second-order valence-corrected chi connectivity index (χ2v) is 6.05. The monoisotopic (exact) mass is 276 g/mol. The van der Waals surface area contributed by atoms with Gasteiger partial charge in [-0.2, -0.15) is 0 Å². The van der Waals surface area contributed by atoms with Crippen molar-refractivity contribution in [3.63, 3.8) is 0 Å². The van der Waals surface area contributed by atoms with Gasteiger partial charge in [0.1, 0.15) is 5.75 Å².